The molecule has 0 bridgehead atoms. The van der Waals surface area contributed by atoms with Gasteiger partial charge >= 0.3 is 0 Å². The summed E-state index contributed by atoms with van der Waals surface area (Å²) >= 11 is 0. The Kier molecular flexibility index (Phi) is 4.35. The Balaban J connectivity index is 1.92. The van der Waals surface area contributed by atoms with E-state index in [1.807, 2.05) is 37.3 Å². The van der Waals surface area contributed by atoms with E-state index < -0.39 is 5.60 Å². The van der Waals surface area contributed by atoms with Crippen molar-refractivity contribution in [3.63, 3.8) is 0 Å². The van der Waals surface area contributed by atoms with Gasteiger partial charge in [0.25, 0.3) is 0 Å². The van der Waals surface area contributed by atoms with Crippen LogP contribution in [-0.4, -0.2) is 11.7 Å². The average molecular weight is 255 g/mol. The normalized spacial score (nSPS) is 14.1. The topological polar surface area (TPSA) is 32.3 Å². The minimum absolute atomic E-state index is 0.533. The van der Waals surface area contributed by atoms with Gasteiger partial charge in [0, 0.05) is 13.1 Å². The lowest BCUT2D eigenvalue weighted by atomic mass is 9.96. The zero-order chi connectivity index (χ0) is 13.7. The largest absolute Gasteiger partial charge is 0.384 e. The number of hydrogen-bond donors (Lipinski definition) is 2. The molecule has 0 saturated carbocycles. The molecular formula is C17H21NO. The third-order valence-corrected chi connectivity index (χ3v) is 3.28. The van der Waals surface area contributed by atoms with Crippen LogP contribution < -0.4 is 5.32 Å². The van der Waals surface area contributed by atoms with Gasteiger partial charge in [-0.05, 0) is 25.0 Å². The number of aliphatic hydroxyl groups is 1. The van der Waals surface area contributed by atoms with Crippen molar-refractivity contribution in [3.8, 4) is 0 Å². The second-order valence-corrected chi connectivity index (χ2v) is 5.23. The van der Waals surface area contributed by atoms with Crippen molar-refractivity contribution < 1.29 is 5.11 Å². The van der Waals surface area contributed by atoms with Crippen LogP contribution >= 0.6 is 0 Å². The summed E-state index contributed by atoms with van der Waals surface area (Å²) in [6.07, 6.45) is 0. The van der Waals surface area contributed by atoms with Gasteiger partial charge < -0.3 is 10.4 Å². The summed E-state index contributed by atoms with van der Waals surface area (Å²) in [5.41, 5.74) is 2.59. The first kappa shape index (κ1) is 13.8. The predicted molar refractivity (Wildman–Crippen MR) is 78.9 cm³/mol. The van der Waals surface area contributed by atoms with Gasteiger partial charge in [-0.15, -0.1) is 0 Å². The highest BCUT2D eigenvalue weighted by Crippen LogP contribution is 2.19. The Morgan fingerprint density at radius 3 is 2.47 bits per heavy atom. The van der Waals surface area contributed by atoms with Crippen LogP contribution in [0.5, 0.6) is 0 Å². The molecule has 2 N–H and O–H groups in total. The highest BCUT2D eigenvalue weighted by Gasteiger charge is 2.21. The van der Waals surface area contributed by atoms with Crippen molar-refractivity contribution >= 4 is 0 Å². The number of rotatable bonds is 5. The summed E-state index contributed by atoms with van der Waals surface area (Å²) < 4.78 is 0. The summed E-state index contributed by atoms with van der Waals surface area (Å²) in [6.45, 7) is 5.23. The lowest BCUT2D eigenvalue weighted by molar-refractivity contribution is 0.0567. The molecule has 0 fully saturated rings. The molecule has 0 amide bonds. The van der Waals surface area contributed by atoms with Crippen LogP contribution in [0.1, 0.15) is 23.6 Å². The van der Waals surface area contributed by atoms with Gasteiger partial charge in [-0.25, -0.2) is 0 Å². The summed E-state index contributed by atoms with van der Waals surface area (Å²) in [5, 5.41) is 13.8. The molecule has 19 heavy (non-hydrogen) atoms. The van der Waals surface area contributed by atoms with Crippen molar-refractivity contribution in [1.82, 2.24) is 5.32 Å². The Morgan fingerprint density at radius 1 is 1.05 bits per heavy atom. The molecule has 0 heterocycles. The maximum atomic E-state index is 10.5. The smallest absolute Gasteiger partial charge is 0.0992 e. The second kappa shape index (κ2) is 6.00. The highest BCUT2D eigenvalue weighted by atomic mass is 16.3. The second-order valence-electron chi connectivity index (χ2n) is 5.23. The summed E-state index contributed by atoms with van der Waals surface area (Å²) in [7, 11) is 0. The van der Waals surface area contributed by atoms with Gasteiger partial charge in [0.1, 0.15) is 0 Å². The summed E-state index contributed by atoms with van der Waals surface area (Å²) in [4.78, 5) is 0. The summed E-state index contributed by atoms with van der Waals surface area (Å²) in [6, 6.07) is 18.2. The van der Waals surface area contributed by atoms with Gasteiger partial charge in [-0.2, -0.15) is 0 Å². The van der Waals surface area contributed by atoms with Crippen molar-refractivity contribution in [3.05, 3.63) is 71.3 Å². The molecule has 0 aliphatic heterocycles. The third-order valence-electron chi connectivity index (χ3n) is 3.28. The van der Waals surface area contributed by atoms with Crippen LogP contribution in [0.3, 0.4) is 0 Å². The first-order valence-electron chi connectivity index (χ1n) is 6.62. The molecule has 1 atom stereocenters. The van der Waals surface area contributed by atoms with Crippen LogP contribution in [0.4, 0.5) is 0 Å². The van der Waals surface area contributed by atoms with Gasteiger partial charge in [-0.3, -0.25) is 0 Å². The van der Waals surface area contributed by atoms with Crippen molar-refractivity contribution in [2.24, 2.45) is 0 Å². The minimum atomic E-state index is -0.842. The zero-order valence-electron chi connectivity index (χ0n) is 11.6. The minimum Gasteiger partial charge on any atom is -0.384 e. The Morgan fingerprint density at radius 2 is 1.79 bits per heavy atom. The van der Waals surface area contributed by atoms with E-state index in [0.29, 0.717) is 6.54 Å². The van der Waals surface area contributed by atoms with E-state index in [4.69, 9.17) is 0 Å². The van der Waals surface area contributed by atoms with E-state index in [-0.39, 0.29) is 0 Å². The van der Waals surface area contributed by atoms with Crippen LogP contribution in [0.25, 0.3) is 0 Å². The lowest BCUT2D eigenvalue weighted by Crippen LogP contribution is -2.35. The Bertz CT molecular complexity index is 520. The Labute approximate surface area is 115 Å². The fraction of sp³-hybridized carbons (Fsp3) is 0.294. The van der Waals surface area contributed by atoms with E-state index >= 15 is 0 Å². The standard InChI is InChI=1S/C17H21NO/c1-14-7-6-8-15(11-14)12-18-13-17(2,19)16-9-4-3-5-10-16/h3-11,18-19H,12-13H2,1-2H3. The Hall–Kier alpha value is -1.64. The van der Waals surface area contributed by atoms with Crippen molar-refractivity contribution in [1.29, 1.82) is 0 Å². The molecule has 2 nitrogen and oxygen atoms in total. The van der Waals surface area contributed by atoms with Crippen LogP contribution in [0.2, 0.25) is 0 Å². The maximum absolute atomic E-state index is 10.5. The first-order valence-corrected chi connectivity index (χ1v) is 6.62. The molecule has 0 aliphatic rings. The molecule has 0 aromatic heterocycles. The molecule has 1 unspecified atom stereocenters. The molecule has 2 aromatic carbocycles. The van der Waals surface area contributed by atoms with Crippen molar-refractivity contribution in [2.45, 2.75) is 26.0 Å². The van der Waals surface area contributed by atoms with Gasteiger partial charge in [0.2, 0.25) is 0 Å². The van der Waals surface area contributed by atoms with Gasteiger partial charge in [-0.1, -0.05) is 60.2 Å². The van der Waals surface area contributed by atoms with E-state index in [1.165, 1.54) is 11.1 Å². The number of aryl methyl sites for hydroxylation is 1. The quantitative estimate of drug-likeness (QED) is 0.861. The summed E-state index contributed by atoms with van der Waals surface area (Å²) in [5.74, 6) is 0. The highest BCUT2D eigenvalue weighted by molar-refractivity contribution is 5.23. The van der Waals surface area contributed by atoms with E-state index in [2.05, 4.69) is 36.5 Å². The van der Waals surface area contributed by atoms with Gasteiger partial charge in [0.05, 0.1) is 5.60 Å². The van der Waals surface area contributed by atoms with E-state index in [9.17, 15) is 5.11 Å². The zero-order valence-corrected chi connectivity index (χ0v) is 11.6. The molecule has 2 aromatic rings. The molecule has 2 rings (SSSR count). The van der Waals surface area contributed by atoms with E-state index in [0.717, 1.165) is 12.1 Å². The van der Waals surface area contributed by atoms with Crippen LogP contribution in [-0.2, 0) is 12.1 Å². The fourth-order valence-electron chi connectivity index (χ4n) is 2.17. The predicted octanol–water partition coefficient (Wildman–Crippen LogP) is 2.99. The number of benzene rings is 2. The van der Waals surface area contributed by atoms with Crippen LogP contribution in [0.15, 0.2) is 54.6 Å². The monoisotopic (exact) mass is 255 g/mol. The molecule has 2 heteroatoms. The number of nitrogens with one attached hydrogen (secondary N) is 1. The molecule has 0 aliphatic carbocycles. The van der Waals surface area contributed by atoms with Gasteiger partial charge in [0.15, 0.2) is 0 Å². The average Bonchev–Trinajstić information content (AvgIpc) is 2.40. The SMILES string of the molecule is Cc1cccc(CNCC(C)(O)c2ccccc2)c1. The fourth-order valence-corrected chi connectivity index (χ4v) is 2.17. The molecule has 0 radical (unpaired) electrons. The molecule has 0 spiro atoms. The molecule has 0 saturated heterocycles. The lowest BCUT2D eigenvalue weighted by Gasteiger charge is -2.24. The first-order chi connectivity index (χ1) is 9.08. The van der Waals surface area contributed by atoms with Crippen LogP contribution in [0, 0.1) is 6.92 Å². The molecule has 100 valence electrons. The third kappa shape index (κ3) is 3.91. The van der Waals surface area contributed by atoms with E-state index in [1.54, 1.807) is 0 Å². The molecular weight excluding hydrogens is 234 g/mol. The number of hydrogen-bond acceptors (Lipinski definition) is 2. The van der Waals surface area contributed by atoms with Crippen molar-refractivity contribution in [2.75, 3.05) is 6.54 Å². The maximum Gasteiger partial charge on any atom is 0.0992 e.